The Bertz CT molecular complexity index is 1090. The molecule has 1 saturated heterocycles. The molecule has 0 aliphatic carbocycles. The van der Waals surface area contributed by atoms with Gasteiger partial charge in [-0.15, -0.1) is 22.7 Å². The number of anilines is 1. The van der Waals surface area contributed by atoms with Gasteiger partial charge in [-0.25, -0.2) is 9.97 Å². The molecule has 0 bridgehead atoms. The van der Waals surface area contributed by atoms with E-state index in [-0.39, 0.29) is 17.9 Å². The lowest BCUT2D eigenvalue weighted by Crippen LogP contribution is -2.46. The van der Waals surface area contributed by atoms with Crippen LogP contribution in [0.25, 0.3) is 0 Å². The quantitative estimate of drug-likeness (QED) is 0.552. The number of thiazole rings is 2. The predicted octanol–water partition coefficient (Wildman–Crippen LogP) is 3.64. The van der Waals surface area contributed by atoms with Crippen LogP contribution >= 0.6 is 22.7 Å². The van der Waals surface area contributed by atoms with E-state index in [0.717, 1.165) is 42.9 Å². The number of nitrogens with zero attached hydrogens (tertiary/aromatic N) is 3. The Balaban J connectivity index is 1.20. The van der Waals surface area contributed by atoms with Crippen molar-refractivity contribution >= 4 is 39.6 Å². The van der Waals surface area contributed by atoms with Crippen LogP contribution in [0.4, 0.5) is 5.13 Å². The molecule has 1 aliphatic rings. The van der Waals surface area contributed by atoms with Crippen LogP contribution in [0.2, 0.25) is 0 Å². The second-order valence-electron chi connectivity index (χ2n) is 8.14. The van der Waals surface area contributed by atoms with Crippen molar-refractivity contribution in [2.45, 2.75) is 39.2 Å². The van der Waals surface area contributed by atoms with Gasteiger partial charge in [0.15, 0.2) is 5.13 Å². The number of carbonyl (C=O) groups excluding carboxylic acids is 2. The van der Waals surface area contributed by atoms with Gasteiger partial charge in [-0.3, -0.25) is 14.5 Å². The summed E-state index contributed by atoms with van der Waals surface area (Å²) < 4.78 is 0. The van der Waals surface area contributed by atoms with Crippen molar-refractivity contribution in [1.29, 1.82) is 0 Å². The highest BCUT2D eigenvalue weighted by Gasteiger charge is 2.23. The van der Waals surface area contributed by atoms with E-state index in [9.17, 15) is 9.59 Å². The van der Waals surface area contributed by atoms with Gasteiger partial charge in [-0.2, -0.15) is 0 Å². The normalized spacial score (nSPS) is 14.9. The molecule has 0 atom stereocenters. The van der Waals surface area contributed by atoms with E-state index in [1.165, 1.54) is 33.8 Å². The molecule has 2 aromatic heterocycles. The standard InChI is InChI=1S/C23H27N5O2S2/c1-15-4-3-5-17(10-15)11-19-12-24-23(32-19)27-20(29)13-28-8-6-18(7-9-28)26-22(30)21-16(2)25-14-31-21/h3-5,10,12,14,18H,6-9,11,13H2,1-2H3,(H,26,30)(H,24,27,29). The number of likely N-dealkylation sites (tertiary alicyclic amines) is 1. The van der Waals surface area contributed by atoms with E-state index >= 15 is 0 Å². The number of aromatic nitrogens is 2. The van der Waals surface area contributed by atoms with Crippen molar-refractivity contribution < 1.29 is 9.59 Å². The molecule has 3 aromatic rings. The molecule has 0 unspecified atom stereocenters. The number of carbonyl (C=O) groups is 2. The molecule has 32 heavy (non-hydrogen) atoms. The topological polar surface area (TPSA) is 87.2 Å². The van der Waals surface area contributed by atoms with Crippen molar-refractivity contribution in [3.05, 3.63) is 62.5 Å². The third-order valence-corrected chi connectivity index (χ3v) is 7.34. The largest absolute Gasteiger partial charge is 0.348 e. The first-order valence-corrected chi connectivity index (χ1v) is 12.4. The Morgan fingerprint density at radius 1 is 1.19 bits per heavy atom. The number of amides is 2. The summed E-state index contributed by atoms with van der Waals surface area (Å²) in [6.45, 7) is 5.82. The molecule has 1 aliphatic heterocycles. The van der Waals surface area contributed by atoms with Crippen LogP contribution < -0.4 is 10.6 Å². The zero-order valence-corrected chi connectivity index (χ0v) is 19.9. The van der Waals surface area contributed by atoms with Gasteiger partial charge in [0, 0.05) is 36.6 Å². The van der Waals surface area contributed by atoms with Gasteiger partial charge >= 0.3 is 0 Å². The SMILES string of the molecule is Cc1cccc(Cc2cnc(NC(=O)CN3CCC(NC(=O)c4scnc4C)CC3)s2)c1. The molecule has 0 saturated carbocycles. The van der Waals surface area contributed by atoms with Gasteiger partial charge in [0.2, 0.25) is 5.91 Å². The maximum absolute atomic E-state index is 12.5. The molecular formula is C23H27N5O2S2. The average Bonchev–Trinajstić information content (AvgIpc) is 3.38. The maximum atomic E-state index is 12.5. The lowest BCUT2D eigenvalue weighted by Gasteiger charge is -2.31. The van der Waals surface area contributed by atoms with Crippen LogP contribution in [0.3, 0.4) is 0 Å². The Hall–Kier alpha value is -2.62. The molecule has 2 N–H and O–H groups in total. The first kappa shape index (κ1) is 22.6. The number of piperidine rings is 1. The molecule has 1 fully saturated rings. The minimum atomic E-state index is -0.0516. The predicted molar refractivity (Wildman–Crippen MR) is 129 cm³/mol. The highest BCUT2D eigenvalue weighted by atomic mass is 32.1. The number of nitrogens with one attached hydrogen (secondary N) is 2. The van der Waals surface area contributed by atoms with Gasteiger partial charge in [0.05, 0.1) is 17.7 Å². The monoisotopic (exact) mass is 469 g/mol. The van der Waals surface area contributed by atoms with E-state index in [2.05, 4.69) is 56.7 Å². The molecular weight excluding hydrogens is 442 g/mol. The number of hydrogen-bond acceptors (Lipinski definition) is 7. The van der Waals surface area contributed by atoms with Crippen LogP contribution in [0, 0.1) is 13.8 Å². The zero-order valence-electron chi connectivity index (χ0n) is 18.3. The van der Waals surface area contributed by atoms with Crippen LogP contribution in [-0.4, -0.2) is 52.4 Å². The maximum Gasteiger partial charge on any atom is 0.263 e. The lowest BCUT2D eigenvalue weighted by molar-refractivity contribution is -0.117. The summed E-state index contributed by atoms with van der Waals surface area (Å²) in [4.78, 5) is 37.3. The Labute approximate surface area is 195 Å². The Morgan fingerprint density at radius 2 is 2.00 bits per heavy atom. The second-order valence-corrected chi connectivity index (χ2v) is 10.1. The lowest BCUT2D eigenvalue weighted by atomic mass is 10.0. The Morgan fingerprint density at radius 3 is 2.72 bits per heavy atom. The van der Waals surface area contributed by atoms with E-state index in [0.29, 0.717) is 16.6 Å². The molecule has 0 radical (unpaired) electrons. The van der Waals surface area contributed by atoms with Gasteiger partial charge in [0.25, 0.3) is 5.91 Å². The highest BCUT2D eigenvalue weighted by Crippen LogP contribution is 2.22. The highest BCUT2D eigenvalue weighted by molar-refractivity contribution is 7.15. The summed E-state index contributed by atoms with van der Waals surface area (Å²) in [5.41, 5.74) is 4.94. The van der Waals surface area contributed by atoms with Crippen molar-refractivity contribution in [1.82, 2.24) is 20.2 Å². The summed E-state index contributed by atoms with van der Waals surface area (Å²) in [7, 11) is 0. The fourth-order valence-electron chi connectivity index (χ4n) is 3.84. The van der Waals surface area contributed by atoms with Gasteiger partial charge in [-0.05, 0) is 32.3 Å². The number of hydrogen-bond donors (Lipinski definition) is 2. The molecule has 9 heteroatoms. The van der Waals surface area contributed by atoms with E-state index in [1.54, 1.807) is 5.51 Å². The van der Waals surface area contributed by atoms with Crippen LogP contribution in [0.15, 0.2) is 36.0 Å². The van der Waals surface area contributed by atoms with E-state index in [1.807, 2.05) is 13.1 Å². The smallest absolute Gasteiger partial charge is 0.263 e. The first-order valence-electron chi connectivity index (χ1n) is 10.7. The average molecular weight is 470 g/mol. The Kier molecular flexibility index (Phi) is 7.29. The van der Waals surface area contributed by atoms with Gasteiger partial charge in [0.1, 0.15) is 4.88 Å². The fraction of sp³-hybridized carbons (Fsp3) is 0.391. The number of benzene rings is 1. The van der Waals surface area contributed by atoms with Crippen molar-refractivity contribution in [2.75, 3.05) is 25.0 Å². The van der Waals surface area contributed by atoms with Gasteiger partial charge < -0.3 is 10.6 Å². The van der Waals surface area contributed by atoms with Crippen LogP contribution in [0.5, 0.6) is 0 Å². The van der Waals surface area contributed by atoms with Crippen LogP contribution in [-0.2, 0) is 11.2 Å². The number of rotatable bonds is 7. The molecule has 1 aromatic carbocycles. The minimum Gasteiger partial charge on any atom is -0.348 e. The van der Waals surface area contributed by atoms with Crippen molar-refractivity contribution in [3.8, 4) is 0 Å². The molecule has 168 valence electrons. The third kappa shape index (κ3) is 5.99. The summed E-state index contributed by atoms with van der Waals surface area (Å²) in [5.74, 6) is -0.101. The van der Waals surface area contributed by atoms with Crippen LogP contribution in [0.1, 0.15) is 44.2 Å². The number of aryl methyl sites for hydroxylation is 2. The summed E-state index contributed by atoms with van der Waals surface area (Å²) in [6.07, 6.45) is 4.31. The molecule has 3 heterocycles. The van der Waals surface area contributed by atoms with Crippen molar-refractivity contribution in [2.24, 2.45) is 0 Å². The van der Waals surface area contributed by atoms with E-state index in [4.69, 9.17) is 0 Å². The molecule has 0 spiro atoms. The van der Waals surface area contributed by atoms with Crippen molar-refractivity contribution in [3.63, 3.8) is 0 Å². The van der Waals surface area contributed by atoms with E-state index < -0.39 is 0 Å². The minimum absolute atomic E-state index is 0.0496. The summed E-state index contributed by atoms with van der Waals surface area (Å²) >= 11 is 2.88. The fourth-order valence-corrected chi connectivity index (χ4v) is 5.41. The molecule has 7 nitrogen and oxygen atoms in total. The third-order valence-electron chi connectivity index (χ3n) is 5.50. The first-order chi connectivity index (χ1) is 15.5. The van der Waals surface area contributed by atoms with Gasteiger partial charge in [-0.1, -0.05) is 29.8 Å². The zero-order chi connectivity index (χ0) is 22.5. The molecule has 2 amide bonds. The summed E-state index contributed by atoms with van der Waals surface area (Å²) in [6, 6.07) is 8.55. The summed E-state index contributed by atoms with van der Waals surface area (Å²) in [5, 5.41) is 6.66. The second kappa shape index (κ2) is 10.3. The molecule has 4 rings (SSSR count).